The van der Waals surface area contributed by atoms with E-state index in [2.05, 4.69) is 25.7 Å². The Morgan fingerprint density at radius 1 is 1.31 bits per heavy atom. The number of hydrogen-bond acceptors (Lipinski definition) is 3. The van der Waals surface area contributed by atoms with Gasteiger partial charge in [-0.05, 0) is 38.1 Å². The lowest BCUT2D eigenvalue weighted by molar-refractivity contribution is -0.00639. The summed E-state index contributed by atoms with van der Waals surface area (Å²) in [5.41, 5.74) is 5.90. The normalized spacial score (nSPS) is 24.4. The fraction of sp³-hybridized carbons (Fsp3) is 1.00. The number of nitrogens with two attached hydrogens (primary N) is 1. The number of aliphatic hydroxyl groups is 1. The second-order valence-electron chi connectivity index (χ2n) is 6.60. The highest BCUT2D eigenvalue weighted by Gasteiger charge is 2.28. The van der Waals surface area contributed by atoms with E-state index in [1.807, 2.05) is 6.92 Å². The van der Waals surface area contributed by atoms with Gasteiger partial charge in [-0.3, -0.25) is 0 Å². The van der Waals surface area contributed by atoms with E-state index in [-0.39, 0.29) is 11.5 Å². The molecule has 1 aliphatic rings. The van der Waals surface area contributed by atoms with Crippen LogP contribution in [0.3, 0.4) is 0 Å². The maximum absolute atomic E-state index is 9.85. The molecular weight excluding hydrogens is 200 g/mol. The van der Waals surface area contributed by atoms with Gasteiger partial charge >= 0.3 is 0 Å². The van der Waals surface area contributed by atoms with Gasteiger partial charge in [0.05, 0.1) is 5.60 Å². The van der Waals surface area contributed by atoms with Crippen molar-refractivity contribution in [2.75, 3.05) is 19.6 Å². The summed E-state index contributed by atoms with van der Waals surface area (Å²) >= 11 is 0. The van der Waals surface area contributed by atoms with Crippen LogP contribution in [0.5, 0.6) is 0 Å². The topological polar surface area (TPSA) is 49.5 Å². The van der Waals surface area contributed by atoms with E-state index in [0.717, 1.165) is 38.9 Å². The molecule has 1 rings (SSSR count). The first-order valence-corrected chi connectivity index (χ1v) is 6.41. The van der Waals surface area contributed by atoms with Crippen molar-refractivity contribution in [2.24, 2.45) is 11.1 Å². The van der Waals surface area contributed by atoms with Gasteiger partial charge in [-0.1, -0.05) is 20.8 Å². The van der Waals surface area contributed by atoms with Crippen LogP contribution in [-0.4, -0.2) is 41.3 Å². The minimum atomic E-state index is -0.442. The molecule has 0 aromatic rings. The fourth-order valence-corrected chi connectivity index (χ4v) is 2.01. The molecule has 0 saturated carbocycles. The molecule has 1 saturated heterocycles. The summed E-state index contributed by atoms with van der Waals surface area (Å²) in [7, 11) is 0. The molecular formula is C13H28N2O. The van der Waals surface area contributed by atoms with Gasteiger partial charge in [0.25, 0.3) is 0 Å². The Kier molecular flexibility index (Phi) is 4.38. The maximum Gasteiger partial charge on any atom is 0.0644 e. The molecule has 1 heterocycles. The highest BCUT2D eigenvalue weighted by molar-refractivity contribution is 4.83. The zero-order valence-corrected chi connectivity index (χ0v) is 11.3. The molecule has 0 aliphatic carbocycles. The van der Waals surface area contributed by atoms with Gasteiger partial charge in [-0.25, -0.2) is 0 Å². The van der Waals surface area contributed by atoms with Crippen molar-refractivity contribution < 1.29 is 5.11 Å². The molecule has 3 nitrogen and oxygen atoms in total. The quantitative estimate of drug-likeness (QED) is 0.771. The molecule has 3 heteroatoms. The van der Waals surface area contributed by atoms with E-state index >= 15 is 0 Å². The molecule has 1 atom stereocenters. The summed E-state index contributed by atoms with van der Waals surface area (Å²) in [6.07, 6.45) is 2.82. The SMILES string of the molecule is CC1(O)CCN(CCC(N)C(C)(C)C)CC1. The number of hydrogen-bond donors (Lipinski definition) is 2. The van der Waals surface area contributed by atoms with Crippen molar-refractivity contribution in [3.8, 4) is 0 Å². The smallest absolute Gasteiger partial charge is 0.0644 e. The van der Waals surface area contributed by atoms with Gasteiger partial charge in [0.15, 0.2) is 0 Å². The van der Waals surface area contributed by atoms with E-state index in [1.54, 1.807) is 0 Å². The first kappa shape index (κ1) is 13.9. The van der Waals surface area contributed by atoms with Crippen LogP contribution in [0, 0.1) is 5.41 Å². The van der Waals surface area contributed by atoms with Gasteiger partial charge < -0.3 is 15.7 Å². The average molecular weight is 228 g/mol. The Bertz CT molecular complexity index is 210. The zero-order valence-electron chi connectivity index (χ0n) is 11.3. The molecule has 0 aromatic heterocycles. The Labute approximate surface area is 100 Å². The van der Waals surface area contributed by atoms with Crippen molar-refractivity contribution in [1.82, 2.24) is 4.90 Å². The minimum absolute atomic E-state index is 0.196. The van der Waals surface area contributed by atoms with Crippen molar-refractivity contribution in [2.45, 2.75) is 58.6 Å². The fourth-order valence-electron chi connectivity index (χ4n) is 2.01. The van der Waals surface area contributed by atoms with Crippen molar-refractivity contribution >= 4 is 0 Å². The second kappa shape index (κ2) is 5.03. The van der Waals surface area contributed by atoms with E-state index in [0.29, 0.717) is 0 Å². The Hall–Kier alpha value is -0.120. The lowest BCUT2D eigenvalue weighted by Crippen LogP contribution is -2.45. The van der Waals surface area contributed by atoms with E-state index in [1.165, 1.54) is 0 Å². The summed E-state index contributed by atoms with van der Waals surface area (Å²) in [6.45, 7) is 11.6. The van der Waals surface area contributed by atoms with Crippen LogP contribution >= 0.6 is 0 Å². The Morgan fingerprint density at radius 3 is 2.25 bits per heavy atom. The lowest BCUT2D eigenvalue weighted by atomic mass is 9.85. The highest BCUT2D eigenvalue weighted by Crippen LogP contribution is 2.23. The summed E-state index contributed by atoms with van der Waals surface area (Å²) in [5, 5.41) is 9.85. The number of piperidine rings is 1. The summed E-state index contributed by atoms with van der Waals surface area (Å²) in [6, 6.07) is 0.259. The van der Waals surface area contributed by atoms with Crippen LogP contribution in [0.2, 0.25) is 0 Å². The van der Waals surface area contributed by atoms with E-state index in [9.17, 15) is 5.11 Å². The van der Waals surface area contributed by atoms with E-state index in [4.69, 9.17) is 5.73 Å². The molecule has 3 N–H and O–H groups in total. The third-order valence-electron chi connectivity index (χ3n) is 3.80. The monoisotopic (exact) mass is 228 g/mol. The Balaban J connectivity index is 2.25. The van der Waals surface area contributed by atoms with Crippen molar-refractivity contribution in [1.29, 1.82) is 0 Å². The van der Waals surface area contributed by atoms with E-state index < -0.39 is 5.60 Å². The number of nitrogens with zero attached hydrogens (tertiary/aromatic N) is 1. The maximum atomic E-state index is 9.85. The first-order chi connectivity index (χ1) is 7.21. The predicted molar refractivity (Wildman–Crippen MR) is 68.3 cm³/mol. The summed E-state index contributed by atoms with van der Waals surface area (Å²) < 4.78 is 0. The molecule has 0 amide bonds. The van der Waals surface area contributed by atoms with Crippen LogP contribution in [0.25, 0.3) is 0 Å². The van der Waals surface area contributed by atoms with Gasteiger partial charge in [0, 0.05) is 19.1 Å². The lowest BCUT2D eigenvalue weighted by Gasteiger charge is -2.37. The molecule has 1 aliphatic heterocycles. The molecule has 16 heavy (non-hydrogen) atoms. The first-order valence-electron chi connectivity index (χ1n) is 6.41. The molecule has 0 spiro atoms. The van der Waals surface area contributed by atoms with Gasteiger partial charge in [0.1, 0.15) is 0 Å². The second-order valence-corrected chi connectivity index (χ2v) is 6.60. The van der Waals surface area contributed by atoms with Crippen LogP contribution in [0.15, 0.2) is 0 Å². The number of likely N-dealkylation sites (tertiary alicyclic amines) is 1. The third kappa shape index (κ3) is 4.40. The van der Waals surface area contributed by atoms with Gasteiger partial charge in [-0.15, -0.1) is 0 Å². The van der Waals surface area contributed by atoms with Gasteiger partial charge in [-0.2, -0.15) is 0 Å². The van der Waals surface area contributed by atoms with Gasteiger partial charge in [0.2, 0.25) is 0 Å². The largest absolute Gasteiger partial charge is 0.390 e. The van der Waals surface area contributed by atoms with Crippen LogP contribution in [0.1, 0.15) is 47.0 Å². The third-order valence-corrected chi connectivity index (χ3v) is 3.80. The summed E-state index contributed by atoms with van der Waals surface area (Å²) in [5.74, 6) is 0. The number of rotatable bonds is 3. The molecule has 1 fully saturated rings. The molecule has 0 radical (unpaired) electrons. The standard InChI is InChI=1S/C13H28N2O/c1-12(2,3)11(14)5-8-15-9-6-13(4,16)7-10-15/h11,16H,5-10,14H2,1-4H3. The van der Waals surface area contributed by atoms with Crippen LogP contribution in [-0.2, 0) is 0 Å². The van der Waals surface area contributed by atoms with Crippen LogP contribution < -0.4 is 5.73 Å². The molecule has 0 aromatic carbocycles. The molecule has 1 unspecified atom stereocenters. The zero-order chi connectivity index (χ0) is 12.4. The predicted octanol–water partition coefficient (Wildman–Crippen LogP) is 1.60. The summed E-state index contributed by atoms with van der Waals surface area (Å²) in [4.78, 5) is 2.42. The highest BCUT2D eigenvalue weighted by atomic mass is 16.3. The average Bonchev–Trinajstić information content (AvgIpc) is 2.14. The van der Waals surface area contributed by atoms with Crippen LogP contribution in [0.4, 0.5) is 0 Å². The molecule has 0 bridgehead atoms. The van der Waals surface area contributed by atoms with Crippen molar-refractivity contribution in [3.05, 3.63) is 0 Å². The van der Waals surface area contributed by atoms with Crippen molar-refractivity contribution in [3.63, 3.8) is 0 Å². The minimum Gasteiger partial charge on any atom is -0.390 e. The Morgan fingerprint density at radius 2 is 1.81 bits per heavy atom. The molecule has 96 valence electrons.